The van der Waals surface area contributed by atoms with Crippen LogP contribution in [0.1, 0.15) is 25.0 Å². The molecule has 31 heavy (non-hydrogen) atoms. The van der Waals surface area contributed by atoms with Crippen molar-refractivity contribution in [1.29, 1.82) is 0 Å². The summed E-state index contributed by atoms with van der Waals surface area (Å²) in [7, 11) is 0. The van der Waals surface area contributed by atoms with Crippen molar-refractivity contribution in [3.8, 4) is 11.5 Å². The fourth-order valence-corrected chi connectivity index (χ4v) is 3.30. The first-order chi connectivity index (χ1) is 15.0. The molecular weight excluding hydrogens is 390 g/mol. The van der Waals surface area contributed by atoms with Crippen molar-refractivity contribution in [2.45, 2.75) is 13.8 Å². The number of fused-ring (bicyclic) bond motifs is 1. The average Bonchev–Trinajstić information content (AvgIpc) is 3.13. The first-order valence-electron chi connectivity index (χ1n) is 10.1. The number of carbonyl (C=O) groups excluding carboxylic acids is 1. The van der Waals surface area contributed by atoms with Gasteiger partial charge in [0.2, 0.25) is 5.90 Å². The normalized spacial score (nSPS) is 14.5. The van der Waals surface area contributed by atoms with Crippen LogP contribution in [0.25, 0.3) is 16.8 Å². The highest BCUT2D eigenvalue weighted by atomic mass is 16.6. The van der Waals surface area contributed by atoms with Gasteiger partial charge in [-0.1, -0.05) is 49.0 Å². The second-order valence-electron chi connectivity index (χ2n) is 7.25. The Kier molecular flexibility index (Phi) is 5.85. The van der Waals surface area contributed by atoms with Gasteiger partial charge in [0.05, 0.1) is 6.61 Å². The van der Waals surface area contributed by atoms with Crippen LogP contribution < -0.4 is 9.47 Å². The molecule has 5 nitrogen and oxygen atoms in total. The van der Waals surface area contributed by atoms with Gasteiger partial charge in [-0.2, -0.15) is 0 Å². The molecule has 0 atom stereocenters. The molecule has 0 aromatic heterocycles. The lowest BCUT2D eigenvalue weighted by Crippen LogP contribution is -2.06. The minimum atomic E-state index is -0.483. The van der Waals surface area contributed by atoms with Crippen LogP contribution in [0, 0.1) is 0 Å². The van der Waals surface area contributed by atoms with Crippen molar-refractivity contribution >= 4 is 28.7 Å². The standard InChI is InChI=1S/C26H23NO4/c1-4-29-24-15-18(12-13-23(24)30-16-17(2)3)14-22-26(28)31-25(27-22)21-11-7-9-19-8-5-6-10-20(19)21/h5-15H,2,4,16H2,1,3H3. The van der Waals surface area contributed by atoms with E-state index in [9.17, 15) is 4.79 Å². The third kappa shape index (κ3) is 4.51. The van der Waals surface area contributed by atoms with E-state index < -0.39 is 5.97 Å². The molecule has 0 spiro atoms. The zero-order valence-electron chi connectivity index (χ0n) is 17.6. The molecule has 0 saturated carbocycles. The van der Waals surface area contributed by atoms with Crippen LogP contribution in [0.2, 0.25) is 0 Å². The van der Waals surface area contributed by atoms with Crippen LogP contribution in [0.3, 0.4) is 0 Å². The van der Waals surface area contributed by atoms with Crippen molar-refractivity contribution in [2.75, 3.05) is 13.2 Å². The fourth-order valence-electron chi connectivity index (χ4n) is 3.30. The van der Waals surface area contributed by atoms with Gasteiger partial charge >= 0.3 is 5.97 Å². The number of aliphatic imine (C=N–C) groups is 1. The molecule has 0 radical (unpaired) electrons. The zero-order chi connectivity index (χ0) is 21.8. The lowest BCUT2D eigenvalue weighted by Gasteiger charge is -2.12. The number of rotatable bonds is 7. The summed E-state index contributed by atoms with van der Waals surface area (Å²) in [6.45, 7) is 8.56. The van der Waals surface area contributed by atoms with Gasteiger partial charge in [0.15, 0.2) is 17.2 Å². The SMILES string of the molecule is C=C(C)COc1ccc(C=C2N=C(c3cccc4ccccc34)OC2=O)cc1OCC. The van der Waals surface area contributed by atoms with Gasteiger partial charge in [-0.05, 0) is 60.0 Å². The quantitative estimate of drug-likeness (QED) is 0.290. The number of cyclic esters (lactones) is 1. The van der Waals surface area contributed by atoms with Gasteiger partial charge in [-0.25, -0.2) is 9.79 Å². The first kappa shape index (κ1) is 20.4. The summed E-state index contributed by atoms with van der Waals surface area (Å²) >= 11 is 0. The highest BCUT2D eigenvalue weighted by molar-refractivity contribution is 6.17. The molecule has 3 aromatic carbocycles. The summed E-state index contributed by atoms with van der Waals surface area (Å²) in [5.41, 5.74) is 2.70. The van der Waals surface area contributed by atoms with E-state index in [4.69, 9.17) is 14.2 Å². The van der Waals surface area contributed by atoms with E-state index in [0.29, 0.717) is 30.6 Å². The van der Waals surface area contributed by atoms with Crippen LogP contribution in [-0.2, 0) is 9.53 Å². The van der Waals surface area contributed by atoms with E-state index in [1.54, 1.807) is 6.08 Å². The molecule has 0 bridgehead atoms. The van der Waals surface area contributed by atoms with E-state index in [2.05, 4.69) is 11.6 Å². The number of hydrogen-bond donors (Lipinski definition) is 0. The number of benzene rings is 3. The molecule has 0 fully saturated rings. The molecule has 1 heterocycles. The van der Waals surface area contributed by atoms with Gasteiger partial charge in [-0.3, -0.25) is 0 Å². The molecule has 0 saturated heterocycles. The molecule has 0 amide bonds. The third-order valence-corrected chi connectivity index (χ3v) is 4.69. The van der Waals surface area contributed by atoms with E-state index in [-0.39, 0.29) is 5.70 Å². The maximum atomic E-state index is 12.5. The summed E-state index contributed by atoms with van der Waals surface area (Å²) in [6.07, 6.45) is 1.69. The molecule has 0 aliphatic carbocycles. The van der Waals surface area contributed by atoms with Crippen molar-refractivity contribution in [3.63, 3.8) is 0 Å². The monoisotopic (exact) mass is 413 g/mol. The Morgan fingerprint density at radius 3 is 2.68 bits per heavy atom. The number of ether oxygens (including phenoxy) is 3. The van der Waals surface area contributed by atoms with Gasteiger partial charge in [-0.15, -0.1) is 0 Å². The lowest BCUT2D eigenvalue weighted by molar-refractivity contribution is -0.129. The topological polar surface area (TPSA) is 57.1 Å². The van der Waals surface area contributed by atoms with Crippen molar-refractivity contribution in [2.24, 2.45) is 4.99 Å². The molecule has 1 aliphatic rings. The number of nitrogens with zero attached hydrogens (tertiary/aromatic N) is 1. The maximum absolute atomic E-state index is 12.5. The minimum Gasteiger partial charge on any atom is -0.490 e. The van der Waals surface area contributed by atoms with Gasteiger partial charge in [0.1, 0.15) is 6.61 Å². The molecule has 1 aliphatic heterocycles. The van der Waals surface area contributed by atoms with Crippen LogP contribution in [-0.4, -0.2) is 25.1 Å². The van der Waals surface area contributed by atoms with Crippen LogP contribution in [0.5, 0.6) is 11.5 Å². The fraction of sp³-hybridized carbons (Fsp3) is 0.154. The number of hydrogen-bond acceptors (Lipinski definition) is 5. The molecule has 5 heteroatoms. The number of carbonyl (C=O) groups is 1. The number of esters is 1. The van der Waals surface area contributed by atoms with Crippen LogP contribution in [0.15, 0.2) is 83.5 Å². The van der Waals surface area contributed by atoms with Crippen LogP contribution in [0.4, 0.5) is 0 Å². The highest BCUT2D eigenvalue weighted by Gasteiger charge is 2.25. The average molecular weight is 413 g/mol. The van der Waals surface area contributed by atoms with Gasteiger partial charge in [0, 0.05) is 5.56 Å². The Hall–Kier alpha value is -3.86. The van der Waals surface area contributed by atoms with Gasteiger partial charge in [0.25, 0.3) is 0 Å². The largest absolute Gasteiger partial charge is 0.490 e. The summed E-state index contributed by atoms with van der Waals surface area (Å²) in [5.74, 6) is 1.05. The zero-order valence-corrected chi connectivity index (χ0v) is 17.6. The predicted molar refractivity (Wildman–Crippen MR) is 122 cm³/mol. The highest BCUT2D eigenvalue weighted by Crippen LogP contribution is 2.31. The Balaban J connectivity index is 1.66. The minimum absolute atomic E-state index is 0.237. The van der Waals surface area contributed by atoms with E-state index in [1.165, 1.54) is 0 Å². The molecule has 3 aromatic rings. The second-order valence-corrected chi connectivity index (χ2v) is 7.25. The summed E-state index contributed by atoms with van der Waals surface area (Å²) in [5, 5.41) is 2.04. The maximum Gasteiger partial charge on any atom is 0.363 e. The summed E-state index contributed by atoms with van der Waals surface area (Å²) in [4.78, 5) is 16.9. The predicted octanol–water partition coefficient (Wildman–Crippen LogP) is 5.54. The Bertz CT molecular complexity index is 1220. The van der Waals surface area contributed by atoms with E-state index in [0.717, 1.165) is 27.5 Å². The first-order valence-corrected chi connectivity index (χ1v) is 10.1. The lowest BCUT2D eigenvalue weighted by atomic mass is 10.0. The van der Waals surface area contributed by atoms with E-state index >= 15 is 0 Å². The molecule has 0 N–H and O–H groups in total. The second kappa shape index (κ2) is 8.88. The third-order valence-electron chi connectivity index (χ3n) is 4.69. The molecule has 4 rings (SSSR count). The Morgan fingerprint density at radius 1 is 1.06 bits per heavy atom. The summed E-state index contributed by atoms with van der Waals surface area (Å²) < 4.78 is 16.9. The molecule has 0 unspecified atom stereocenters. The Labute approximate surface area is 181 Å². The van der Waals surface area contributed by atoms with Crippen molar-refractivity contribution in [3.05, 3.63) is 89.6 Å². The molecular formula is C26H23NO4. The summed E-state index contributed by atoms with van der Waals surface area (Å²) in [6, 6.07) is 19.2. The van der Waals surface area contributed by atoms with E-state index in [1.807, 2.05) is 74.5 Å². The molecule has 156 valence electrons. The Morgan fingerprint density at radius 2 is 1.87 bits per heavy atom. The van der Waals surface area contributed by atoms with Crippen molar-refractivity contribution < 1.29 is 19.0 Å². The van der Waals surface area contributed by atoms with Crippen molar-refractivity contribution in [1.82, 2.24) is 0 Å². The van der Waals surface area contributed by atoms with Gasteiger partial charge < -0.3 is 14.2 Å². The van der Waals surface area contributed by atoms with Crippen LogP contribution >= 0.6 is 0 Å². The smallest absolute Gasteiger partial charge is 0.363 e.